The van der Waals surface area contributed by atoms with Crippen LogP contribution in [0.4, 0.5) is 4.79 Å². The Kier molecular flexibility index (Phi) is 8.05. The van der Waals surface area contributed by atoms with E-state index < -0.39 is 0 Å². The van der Waals surface area contributed by atoms with Crippen molar-refractivity contribution in [3.05, 3.63) is 29.8 Å². The molecule has 0 aliphatic carbocycles. The maximum absolute atomic E-state index is 11.5. The Morgan fingerprint density at radius 2 is 2.00 bits per heavy atom. The number of hydrogen-bond donors (Lipinski definition) is 3. The summed E-state index contributed by atoms with van der Waals surface area (Å²) in [6, 6.07) is 7.62. The number of guanidine groups is 1. The molecule has 1 aromatic rings. The number of rotatable bonds is 6. The zero-order chi connectivity index (χ0) is 18.8. The number of ether oxygens (including phenoxy) is 1. The molecule has 0 radical (unpaired) electrons. The van der Waals surface area contributed by atoms with Crippen molar-refractivity contribution in [3.63, 3.8) is 0 Å². The van der Waals surface area contributed by atoms with Crippen molar-refractivity contribution in [1.82, 2.24) is 15.5 Å². The second-order valence-electron chi connectivity index (χ2n) is 6.41. The van der Waals surface area contributed by atoms with Crippen LogP contribution in [0.1, 0.15) is 31.7 Å². The summed E-state index contributed by atoms with van der Waals surface area (Å²) in [7, 11) is 1.42. The molecule has 7 nitrogen and oxygen atoms in total. The van der Waals surface area contributed by atoms with E-state index in [4.69, 9.17) is 4.74 Å². The van der Waals surface area contributed by atoms with E-state index >= 15 is 0 Å². The fourth-order valence-electron chi connectivity index (χ4n) is 2.99. The average molecular weight is 362 g/mol. The van der Waals surface area contributed by atoms with Gasteiger partial charge in [0.25, 0.3) is 0 Å². The number of piperidine rings is 1. The van der Waals surface area contributed by atoms with E-state index in [1.165, 1.54) is 12.7 Å². The highest BCUT2D eigenvalue weighted by atomic mass is 16.5. The molecule has 0 aromatic heterocycles. The molecule has 0 bridgehead atoms. The van der Waals surface area contributed by atoms with Gasteiger partial charge in [-0.1, -0.05) is 12.1 Å². The summed E-state index contributed by atoms with van der Waals surface area (Å²) in [5.74, 6) is 1.12. The number of phenolic OH excluding ortho intramolecular Hbond substituents is 1. The second-order valence-corrected chi connectivity index (χ2v) is 6.41. The number of carbonyl (C=O) groups is 1. The standard InChI is InChI=1S/C19H30N4O3/c1-3-20-18(21-12-4-5-15-6-8-17(24)9-7-15)22-16-10-13-23(14-11-16)19(25)26-2/h6-9,16,24H,3-5,10-14H2,1-2H3,(H2,20,21,22). The fraction of sp³-hybridized carbons (Fsp3) is 0.579. The van der Waals surface area contributed by atoms with Gasteiger partial charge in [-0.2, -0.15) is 0 Å². The SMILES string of the molecule is CCNC(=NCCCc1ccc(O)cc1)NC1CCN(C(=O)OC)CC1. The number of hydrogen-bond acceptors (Lipinski definition) is 4. The molecule has 1 saturated heterocycles. The zero-order valence-corrected chi connectivity index (χ0v) is 15.7. The lowest BCUT2D eigenvalue weighted by Gasteiger charge is -2.32. The number of carbonyl (C=O) groups excluding carboxylic acids is 1. The summed E-state index contributed by atoms with van der Waals surface area (Å²) in [4.78, 5) is 17.9. The van der Waals surface area contributed by atoms with Gasteiger partial charge < -0.3 is 25.4 Å². The van der Waals surface area contributed by atoms with E-state index in [2.05, 4.69) is 15.6 Å². The van der Waals surface area contributed by atoms with Gasteiger partial charge in [-0.25, -0.2) is 4.79 Å². The third kappa shape index (κ3) is 6.46. The van der Waals surface area contributed by atoms with Crippen molar-refractivity contribution in [3.8, 4) is 5.75 Å². The number of methoxy groups -OCH3 is 1. The minimum absolute atomic E-state index is 0.252. The highest BCUT2D eigenvalue weighted by Gasteiger charge is 2.23. The molecule has 144 valence electrons. The molecule has 26 heavy (non-hydrogen) atoms. The van der Waals surface area contributed by atoms with Gasteiger partial charge >= 0.3 is 6.09 Å². The molecule has 0 unspecified atom stereocenters. The number of aliphatic imine (C=N–C) groups is 1. The number of benzene rings is 1. The van der Waals surface area contributed by atoms with Crippen molar-refractivity contribution in [2.24, 2.45) is 4.99 Å². The second kappa shape index (κ2) is 10.5. The highest BCUT2D eigenvalue weighted by molar-refractivity contribution is 5.80. The summed E-state index contributed by atoms with van der Waals surface area (Å²) in [6.07, 6.45) is 3.39. The summed E-state index contributed by atoms with van der Waals surface area (Å²) >= 11 is 0. The molecule has 1 fully saturated rings. The molecule has 1 aromatic carbocycles. The maximum Gasteiger partial charge on any atom is 0.409 e. The molecule has 0 spiro atoms. The minimum atomic E-state index is -0.252. The van der Waals surface area contributed by atoms with Crippen LogP contribution in [0.5, 0.6) is 5.75 Å². The molecule has 7 heteroatoms. The van der Waals surface area contributed by atoms with Crippen LogP contribution in [0.15, 0.2) is 29.3 Å². The van der Waals surface area contributed by atoms with Gasteiger partial charge in [-0.3, -0.25) is 4.99 Å². The number of amides is 1. The zero-order valence-electron chi connectivity index (χ0n) is 15.7. The van der Waals surface area contributed by atoms with E-state index in [0.29, 0.717) is 24.9 Å². The highest BCUT2D eigenvalue weighted by Crippen LogP contribution is 2.12. The Labute approximate surface area is 155 Å². The Hall–Kier alpha value is -2.44. The van der Waals surface area contributed by atoms with E-state index in [0.717, 1.165) is 44.7 Å². The molecule has 0 atom stereocenters. The largest absolute Gasteiger partial charge is 0.508 e. The van der Waals surface area contributed by atoms with Gasteiger partial charge in [0.05, 0.1) is 7.11 Å². The van der Waals surface area contributed by atoms with Gasteiger partial charge in [0, 0.05) is 32.2 Å². The van der Waals surface area contributed by atoms with Crippen LogP contribution in [-0.2, 0) is 11.2 Å². The summed E-state index contributed by atoms with van der Waals surface area (Å²) in [6.45, 7) is 4.99. The predicted octanol–water partition coefficient (Wildman–Crippen LogP) is 2.11. The molecule has 2 rings (SSSR count). The third-order valence-corrected chi connectivity index (χ3v) is 4.44. The van der Waals surface area contributed by atoms with Crippen molar-refractivity contribution >= 4 is 12.1 Å². The average Bonchev–Trinajstić information content (AvgIpc) is 2.66. The Balaban J connectivity index is 1.76. The van der Waals surface area contributed by atoms with Crippen LogP contribution in [0, 0.1) is 0 Å². The van der Waals surface area contributed by atoms with Crippen molar-refractivity contribution < 1.29 is 14.6 Å². The lowest BCUT2D eigenvalue weighted by Crippen LogP contribution is -2.49. The first-order valence-electron chi connectivity index (χ1n) is 9.28. The third-order valence-electron chi connectivity index (χ3n) is 4.44. The normalized spacial score (nSPS) is 15.6. The molecule has 1 aliphatic rings. The minimum Gasteiger partial charge on any atom is -0.508 e. The van der Waals surface area contributed by atoms with Gasteiger partial charge in [0.1, 0.15) is 5.75 Å². The smallest absolute Gasteiger partial charge is 0.409 e. The van der Waals surface area contributed by atoms with Crippen molar-refractivity contribution in [2.75, 3.05) is 33.3 Å². The number of aryl methyl sites for hydroxylation is 1. The molecule has 1 heterocycles. The monoisotopic (exact) mass is 362 g/mol. The molecular weight excluding hydrogens is 332 g/mol. The number of nitrogens with zero attached hydrogens (tertiary/aromatic N) is 2. The van der Waals surface area contributed by atoms with Crippen LogP contribution in [-0.4, -0.2) is 61.4 Å². The van der Waals surface area contributed by atoms with Crippen LogP contribution in [0.3, 0.4) is 0 Å². The van der Waals surface area contributed by atoms with Gasteiger partial charge in [-0.05, 0) is 50.3 Å². The van der Waals surface area contributed by atoms with Crippen molar-refractivity contribution in [1.29, 1.82) is 0 Å². The first kappa shape index (κ1) is 19.9. The molecule has 0 saturated carbocycles. The number of aromatic hydroxyl groups is 1. The Morgan fingerprint density at radius 1 is 1.31 bits per heavy atom. The molecule has 3 N–H and O–H groups in total. The molecule has 1 aliphatic heterocycles. The lowest BCUT2D eigenvalue weighted by atomic mass is 10.1. The quantitative estimate of drug-likeness (QED) is 0.410. The fourth-order valence-corrected chi connectivity index (χ4v) is 2.99. The summed E-state index contributed by atoms with van der Waals surface area (Å²) in [5, 5.41) is 16.1. The van der Waals surface area contributed by atoms with E-state index in [1.807, 2.05) is 19.1 Å². The number of nitrogens with one attached hydrogen (secondary N) is 2. The topological polar surface area (TPSA) is 86.2 Å². The van der Waals surface area contributed by atoms with Gasteiger partial charge in [0.15, 0.2) is 5.96 Å². The maximum atomic E-state index is 11.5. The van der Waals surface area contributed by atoms with Crippen molar-refractivity contribution in [2.45, 2.75) is 38.6 Å². The van der Waals surface area contributed by atoms with Crippen LogP contribution < -0.4 is 10.6 Å². The lowest BCUT2D eigenvalue weighted by molar-refractivity contribution is 0.111. The predicted molar refractivity (Wildman–Crippen MR) is 103 cm³/mol. The summed E-state index contributed by atoms with van der Waals surface area (Å²) < 4.78 is 4.77. The molecule has 1 amide bonds. The Bertz CT molecular complexity index is 581. The van der Waals surface area contributed by atoms with Gasteiger partial charge in [-0.15, -0.1) is 0 Å². The number of phenols is 1. The van der Waals surface area contributed by atoms with Crippen LogP contribution in [0.25, 0.3) is 0 Å². The van der Waals surface area contributed by atoms with Crippen LogP contribution >= 0.6 is 0 Å². The van der Waals surface area contributed by atoms with Gasteiger partial charge in [0.2, 0.25) is 0 Å². The first-order chi connectivity index (χ1) is 12.6. The summed E-state index contributed by atoms with van der Waals surface area (Å²) in [5.41, 5.74) is 1.20. The van der Waals surface area contributed by atoms with E-state index in [9.17, 15) is 9.90 Å². The van der Waals surface area contributed by atoms with E-state index in [-0.39, 0.29) is 6.09 Å². The number of likely N-dealkylation sites (tertiary alicyclic amines) is 1. The van der Waals surface area contributed by atoms with E-state index in [1.54, 1.807) is 17.0 Å². The van der Waals surface area contributed by atoms with Crippen LogP contribution in [0.2, 0.25) is 0 Å². The Morgan fingerprint density at radius 3 is 2.62 bits per heavy atom. The molecular formula is C19H30N4O3. The first-order valence-corrected chi connectivity index (χ1v) is 9.28.